The van der Waals surface area contributed by atoms with Gasteiger partial charge in [-0.25, -0.2) is 0 Å². The molecule has 5 heteroatoms. The maximum absolute atomic E-state index is 12.5. The molecule has 2 aromatic rings. The lowest BCUT2D eigenvalue weighted by Gasteiger charge is -2.42. The Labute approximate surface area is 147 Å². The Balaban J connectivity index is 2.10. The van der Waals surface area contributed by atoms with Crippen LogP contribution in [-0.4, -0.2) is 30.8 Å². The van der Waals surface area contributed by atoms with Crippen molar-refractivity contribution in [1.82, 2.24) is 9.88 Å². The third-order valence-electron chi connectivity index (χ3n) is 5.11. The van der Waals surface area contributed by atoms with Gasteiger partial charge in [-0.05, 0) is 38.6 Å². The maximum atomic E-state index is 12.5. The van der Waals surface area contributed by atoms with Crippen LogP contribution in [0.15, 0.2) is 35.3 Å². The topological polar surface area (TPSA) is 46.5 Å². The number of likely N-dealkylation sites (N-methyl/N-ethyl adjacent to an activating group) is 1. The van der Waals surface area contributed by atoms with Crippen LogP contribution >= 0.6 is 0 Å². The predicted molar refractivity (Wildman–Crippen MR) is 102 cm³/mol. The molecule has 0 radical (unpaired) electrons. The molecule has 2 aliphatic heterocycles. The Kier molecular flexibility index (Phi) is 3.69. The average Bonchev–Trinajstić information content (AvgIpc) is 2.59. The van der Waals surface area contributed by atoms with E-state index in [0.717, 1.165) is 45.7 Å². The number of pyridine rings is 1. The SMILES string of the molecule is C=C1C=Cc2cc3c(C)cc(=O)n(CC)c3c3c2N1C(CNC)CO3. The van der Waals surface area contributed by atoms with Crippen LogP contribution in [0.25, 0.3) is 17.0 Å². The van der Waals surface area contributed by atoms with Gasteiger partial charge in [-0.3, -0.25) is 4.79 Å². The minimum Gasteiger partial charge on any atom is -0.487 e. The fourth-order valence-electron chi connectivity index (χ4n) is 3.97. The lowest BCUT2D eigenvalue weighted by molar-refractivity contribution is 0.267. The van der Waals surface area contributed by atoms with Gasteiger partial charge in [-0.1, -0.05) is 12.7 Å². The Morgan fingerprint density at radius 1 is 1.36 bits per heavy atom. The number of aromatic nitrogens is 1. The van der Waals surface area contributed by atoms with Gasteiger partial charge < -0.3 is 19.5 Å². The van der Waals surface area contributed by atoms with Crippen molar-refractivity contribution in [1.29, 1.82) is 0 Å². The maximum Gasteiger partial charge on any atom is 0.251 e. The molecule has 0 aliphatic carbocycles. The van der Waals surface area contributed by atoms with E-state index in [1.54, 1.807) is 10.6 Å². The van der Waals surface area contributed by atoms with Gasteiger partial charge in [0.05, 0.1) is 17.2 Å². The van der Waals surface area contributed by atoms with E-state index in [9.17, 15) is 4.79 Å². The lowest BCUT2D eigenvalue weighted by atomic mass is 9.96. The molecule has 0 saturated carbocycles. The molecule has 0 fully saturated rings. The number of benzene rings is 1. The number of anilines is 1. The van der Waals surface area contributed by atoms with Gasteiger partial charge in [0.1, 0.15) is 6.61 Å². The standard InChI is InChI=1S/C20H23N3O2/c1-5-22-17(24)8-12(2)16-9-14-7-6-13(3)23-15(10-21-4)11-25-20(18(14)23)19(16)22/h6-9,15,21H,3,5,10-11H2,1-2,4H3. The fraction of sp³-hybridized carbons (Fsp3) is 0.350. The van der Waals surface area contributed by atoms with Gasteiger partial charge in [-0.15, -0.1) is 0 Å². The molecule has 0 saturated heterocycles. The van der Waals surface area contributed by atoms with Gasteiger partial charge in [0.25, 0.3) is 5.56 Å². The molecule has 1 N–H and O–H groups in total. The molecule has 130 valence electrons. The zero-order chi connectivity index (χ0) is 17.7. The van der Waals surface area contributed by atoms with E-state index in [-0.39, 0.29) is 11.6 Å². The van der Waals surface area contributed by atoms with Crippen molar-refractivity contribution in [2.45, 2.75) is 26.4 Å². The number of nitrogens with one attached hydrogen (secondary N) is 1. The first kappa shape index (κ1) is 16.0. The second-order valence-electron chi connectivity index (χ2n) is 6.67. The lowest BCUT2D eigenvalue weighted by Crippen LogP contribution is -2.48. The number of fused-ring (bicyclic) bond motifs is 2. The number of ether oxygens (including phenoxy) is 1. The van der Waals surface area contributed by atoms with Crippen molar-refractivity contribution < 1.29 is 4.74 Å². The highest BCUT2D eigenvalue weighted by molar-refractivity contribution is 5.99. The first-order valence-electron chi connectivity index (χ1n) is 8.71. The molecule has 2 aliphatic rings. The van der Waals surface area contributed by atoms with E-state index >= 15 is 0 Å². The van der Waals surface area contributed by atoms with Crippen LogP contribution in [-0.2, 0) is 6.54 Å². The Morgan fingerprint density at radius 3 is 2.88 bits per heavy atom. The van der Waals surface area contributed by atoms with E-state index in [2.05, 4.69) is 35.0 Å². The summed E-state index contributed by atoms with van der Waals surface area (Å²) in [6.45, 7) is 10.2. The van der Waals surface area contributed by atoms with Crippen LogP contribution < -0.4 is 20.5 Å². The van der Waals surface area contributed by atoms with E-state index in [1.165, 1.54) is 0 Å². The van der Waals surface area contributed by atoms with Crippen LogP contribution in [0.4, 0.5) is 5.69 Å². The second-order valence-corrected chi connectivity index (χ2v) is 6.67. The molecule has 1 aromatic heterocycles. The molecule has 25 heavy (non-hydrogen) atoms. The minimum absolute atomic E-state index is 0.0152. The summed E-state index contributed by atoms with van der Waals surface area (Å²) in [5.74, 6) is 0.799. The molecular weight excluding hydrogens is 314 g/mol. The number of aryl methyl sites for hydroxylation is 2. The monoisotopic (exact) mass is 337 g/mol. The summed E-state index contributed by atoms with van der Waals surface area (Å²) < 4.78 is 8.03. The van der Waals surface area contributed by atoms with Crippen molar-refractivity contribution in [3.8, 4) is 5.75 Å². The highest BCUT2D eigenvalue weighted by Gasteiger charge is 2.34. The molecule has 0 spiro atoms. The molecule has 4 rings (SSSR count). The first-order valence-corrected chi connectivity index (χ1v) is 8.71. The Hall–Kier alpha value is -2.53. The van der Waals surface area contributed by atoms with E-state index in [4.69, 9.17) is 4.74 Å². The summed E-state index contributed by atoms with van der Waals surface area (Å²) in [5.41, 5.74) is 4.98. The van der Waals surface area contributed by atoms with Crippen molar-refractivity contribution in [2.24, 2.45) is 0 Å². The minimum atomic E-state index is 0.0152. The van der Waals surface area contributed by atoms with Crippen LogP contribution in [0, 0.1) is 6.92 Å². The third-order valence-corrected chi connectivity index (χ3v) is 5.11. The van der Waals surface area contributed by atoms with Crippen LogP contribution in [0.2, 0.25) is 0 Å². The predicted octanol–water partition coefficient (Wildman–Crippen LogP) is 2.66. The summed E-state index contributed by atoms with van der Waals surface area (Å²) in [4.78, 5) is 14.8. The number of allylic oxidation sites excluding steroid dienone is 1. The second kappa shape index (κ2) is 5.77. The molecule has 1 unspecified atom stereocenters. The van der Waals surface area contributed by atoms with Gasteiger partial charge in [0.15, 0.2) is 5.75 Å². The summed E-state index contributed by atoms with van der Waals surface area (Å²) in [5, 5.41) is 4.30. The summed E-state index contributed by atoms with van der Waals surface area (Å²) in [6, 6.07) is 4.05. The van der Waals surface area contributed by atoms with Crippen molar-refractivity contribution in [2.75, 3.05) is 25.1 Å². The Morgan fingerprint density at radius 2 is 2.16 bits per heavy atom. The molecule has 3 heterocycles. The van der Waals surface area contributed by atoms with Crippen molar-refractivity contribution >= 4 is 22.7 Å². The van der Waals surface area contributed by atoms with Crippen molar-refractivity contribution in [3.05, 3.63) is 52.0 Å². The van der Waals surface area contributed by atoms with Gasteiger partial charge in [0.2, 0.25) is 0 Å². The molecular formula is C20H23N3O2. The average molecular weight is 337 g/mol. The molecule has 0 amide bonds. The van der Waals surface area contributed by atoms with Gasteiger partial charge in [-0.2, -0.15) is 0 Å². The molecule has 0 bridgehead atoms. The van der Waals surface area contributed by atoms with E-state index in [1.807, 2.05) is 20.9 Å². The number of nitrogens with zero attached hydrogens (tertiary/aromatic N) is 2. The zero-order valence-electron chi connectivity index (χ0n) is 14.9. The number of hydrogen-bond acceptors (Lipinski definition) is 4. The number of rotatable bonds is 3. The van der Waals surface area contributed by atoms with E-state index < -0.39 is 0 Å². The van der Waals surface area contributed by atoms with Crippen LogP contribution in [0.1, 0.15) is 18.1 Å². The Bertz CT molecular complexity index is 971. The summed E-state index contributed by atoms with van der Waals surface area (Å²) >= 11 is 0. The van der Waals surface area contributed by atoms with Gasteiger partial charge >= 0.3 is 0 Å². The quantitative estimate of drug-likeness (QED) is 0.935. The normalized spacial score (nSPS) is 18.4. The van der Waals surface area contributed by atoms with Crippen molar-refractivity contribution in [3.63, 3.8) is 0 Å². The third kappa shape index (κ3) is 2.23. The van der Waals surface area contributed by atoms with E-state index in [0.29, 0.717) is 13.2 Å². The highest BCUT2D eigenvalue weighted by Crippen LogP contribution is 2.47. The fourth-order valence-corrected chi connectivity index (χ4v) is 3.97. The van der Waals surface area contributed by atoms with Crippen LogP contribution in [0.3, 0.4) is 0 Å². The molecule has 5 nitrogen and oxygen atoms in total. The summed E-state index contributed by atoms with van der Waals surface area (Å²) in [7, 11) is 1.94. The number of hydrogen-bond donors (Lipinski definition) is 1. The first-order chi connectivity index (χ1) is 12.1. The molecule has 1 atom stereocenters. The smallest absolute Gasteiger partial charge is 0.251 e. The summed E-state index contributed by atoms with van der Waals surface area (Å²) in [6.07, 6.45) is 4.14. The largest absolute Gasteiger partial charge is 0.487 e. The van der Waals surface area contributed by atoms with Gasteiger partial charge in [0, 0.05) is 35.8 Å². The zero-order valence-corrected chi connectivity index (χ0v) is 14.9. The molecule has 1 aromatic carbocycles. The van der Waals surface area contributed by atoms with Crippen LogP contribution in [0.5, 0.6) is 5.75 Å². The highest BCUT2D eigenvalue weighted by atomic mass is 16.5.